The van der Waals surface area contributed by atoms with Gasteiger partial charge in [0.25, 0.3) is 0 Å². The number of aromatic nitrogens is 1. The van der Waals surface area contributed by atoms with Crippen molar-refractivity contribution in [1.29, 1.82) is 0 Å². The van der Waals surface area contributed by atoms with Crippen molar-refractivity contribution >= 4 is 22.8 Å². The van der Waals surface area contributed by atoms with Gasteiger partial charge < -0.3 is 15.0 Å². The van der Waals surface area contributed by atoms with Gasteiger partial charge in [-0.3, -0.25) is 9.59 Å². The molecule has 1 aromatic heterocycles. The van der Waals surface area contributed by atoms with Gasteiger partial charge in [0.05, 0.1) is 0 Å². The number of para-hydroxylation sites is 1. The van der Waals surface area contributed by atoms with Crippen molar-refractivity contribution < 1.29 is 14.7 Å². The highest BCUT2D eigenvalue weighted by Crippen LogP contribution is 2.21. The lowest BCUT2D eigenvalue weighted by atomic mass is 10.1. The number of aliphatic carboxylic acids is 1. The van der Waals surface area contributed by atoms with E-state index in [4.69, 9.17) is 5.11 Å². The van der Waals surface area contributed by atoms with Gasteiger partial charge in [0.2, 0.25) is 5.91 Å². The summed E-state index contributed by atoms with van der Waals surface area (Å²) in [6, 6.07) is 8.20. The molecule has 0 saturated heterocycles. The Morgan fingerprint density at radius 3 is 2.70 bits per heavy atom. The second-order valence-electron chi connectivity index (χ2n) is 5.84. The molecule has 2 rings (SSSR count). The lowest BCUT2D eigenvalue weighted by molar-refractivity contribution is -0.137. The van der Waals surface area contributed by atoms with E-state index in [1.54, 1.807) is 0 Å². The van der Waals surface area contributed by atoms with Crippen molar-refractivity contribution in [2.45, 2.75) is 38.5 Å². The van der Waals surface area contributed by atoms with E-state index in [2.05, 4.69) is 28.2 Å². The Morgan fingerprint density at radius 1 is 1.13 bits per heavy atom. The molecule has 1 heterocycles. The van der Waals surface area contributed by atoms with Crippen LogP contribution in [-0.2, 0) is 23.1 Å². The Balaban J connectivity index is 1.71. The van der Waals surface area contributed by atoms with Crippen LogP contribution in [0.2, 0.25) is 0 Å². The number of carboxylic acid groups (broad SMARTS) is 1. The Labute approximate surface area is 136 Å². The molecule has 0 saturated carbocycles. The van der Waals surface area contributed by atoms with E-state index in [1.807, 2.05) is 19.2 Å². The van der Waals surface area contributed by atoms with Crippen LogP contribution in [0.4, 0.5) is 0 Å². The maximum atomic E-state index is 11.9. The predicted octanol–water partition coefficient (Wildman–Crippen LogP) is 2.87. The molecule has 0 spiro atoms. The van der Waals surface area contributed by atoms with Crippen molar-refractivity contribution in [3.63, 3.8) is 0 Å². The van der Waals surface area contributed by atoms with Crippen molar-refractivity contribution in [1.82, 2.24) is 9.88 Å². The summed E-state index contributed by atoms with van der Waals surface area (Å²) in [6.07, 6.45) is 5.82. The van der Waals surface area contributed by atoms with E-state index >= 15 is 0 Å². The third kappa shape index (κ3) is 5.13. The zero-order valence-electron chi connectivity index (χ0n) is 13.5. The standard InChI is InChI=1S/C18H24N2O3/c1-20-13-14(15-7-4-5-8-16(15)20)10-11-17(21)19-12-6-2-3-9-18(22)23/h4-5,7-8,13H,2-3,6,9-12H2,1H3,(H,19,21)(H,22,23). The molecule has 5 heteroatoms. The third-order valence-electron chi connectivity index (χ3n) is 3.99. The topological polar surface area (TPSA) is 71.3 Å². The minimum atomic E-state index is -0.760. The summed E-state index contributed by atoms with van der Waals surface area (Å²) in [5.74, 6) is -0.708. The van der Waals surface area contributed by atoms with Crippen LogP contribution < -0.4 is 5.32 Å². The van der Waals surface area contributed by atoms with Crippen LogP contribution in [0.5, 0.6) is 0 Å². The molecule has 0 fully saturated rings. The molecule has 23 heavy (non-hydrogen) atoms. The zero-order chi connectivity index (χ0) is 16.7. The Bertz CT molecular complexity index is 676. The molecule has 0 atom stereocenters. The molecule has 1 amide bonds. The van der Waals surface area contributed by atoms with E-state index < -0.39 is 5.97 Å². The van der Waals surface area contributed by atoms with Crippen LogP contribution in [0, 0.1) is 0 Å². The minimum Gasteiger partial charge on any atom is -0.481 e. The number of fused-ring (bicyclic) bond motifs is 1. The molecule has 0 bridgehead atoms. The summed E-state index contributed by atoms with van der Waals surface area (Å²) < 4.78 is 2.09. The molecule has 2 N–H and O–H groups in total. The van der Waals surface area contributed by atoms with Crippen LogP contribution in [0.15, 0.2) is 30.5 Å². The number of amides is 1. The van der Waals surface area contributed by atoms with Gasteiger partial charge in [-0.15, -0.1) is 0 Å². The predicted molar refractivity (Wildman–Crippen MR) is 90.4 cm³/mol. The summed E-state index contributed by atoms with van der Waals surface area (Å²) >= 11 is 0. The SMILES string of the molecule is Cn1cc(CCC(=O)NCCCCCC(=O)O)c2ccccc21. The fourth-order valence-corrected chi connectivity index (χ4v) is 2.77. The van der Waals surface area contributed by atoms with Crippen LogP contribution in [-0.4, -0.2) is 28.1 Å². The smallest absolute Gasteiger partial charge is 0.303 e. The molecule has 0 aliphatic carbocycles. The fraction of sp³-hybridized carbons (Fsp3) is 0.444. The average molecular weight is 316 g/mol. The van der Waals surface area contributed by atoms with Gasteiger partial charge in [-0.05, 0) is 30.9 Å². The molecule has 5 nitrogen and oxygen atoms in total. The average Bonchev–Trinajstić information content (AvgIpc) is 2.85. The summed E-state index contributed by atoms with van der Waals surface area (Å²) in [7, 11) is 2.02. The second-order valence-corrected chi connectivity index (χ2v) is 5.84. The van der Waals surface area contributed by atoms with Crippen LogP contribution in [0.3, 0.4) is 0 Å². The normalized spacial score (nSPS) is 10.8. The van der Waals surface area contributed by atoms with E-state index in [0.717, 1.165) is 19.3 Å². The first-order valence-corrected chi connectivity index (χ1v) is 8.09. The number of carbonyl (C=O) groups excluding carboxylic acids is 1. The largest absolute Gasteiger partial charge is 0.481 e. The first-order valence-electron chi connectivity index (χ1n) is 8.09. The van der Waals surface area contributed by atoms with E-state index in [0.29, 0.717) is 19.4 Å². The van der Waals surface area contributed by atoms with Gasteiger partial charge in [0.1, 0.15) is 0 Å². The first kappa shape index (κ1) is 17.1. The monoisotopic (exact) mass is 316 g/mol. The van der Waals surface area contributed by atoms with E-state index in [9.17, 15) is 9.59 Å². The number of carboxylic acids is 1. The van der Waals surface area contributed by atoms with Crippen LogP contribution in [0.1, 0.15) is 37.7 Å². The van der Waals surface area contributed by atoms with E-state index in [1.165, 1.54) is 16.5 Å². The zero-order valence-corrected chi connectivity index (χ0v) is 13.5. The number of nitrogens with zero attached hydrogens (tertiary/aromatic N) is 1. The van der Waals surface area contributed by atoms with E-state index in [-0.39, 0.29) is 12.3 Å². The van der Waals surface area contributed by atoms with Crippen molar-refractivity contribution in [3.05, 3.63) is 36.0 Å². The van der Waals surface area contributed by atoms with Crippen molar-refractivity contribution in [2.75, 3.05) is 6.54 Å². The number of hydrogen-bond acceptors (Lipinski definition) is 2. The van der Waals surface area contributed by atoms with Gasteiger partial charge in [0.15, 0.2) is 0 Å². The molecule has 124 valence electrons. The van der Waals surface area contributed by atoms with Gasteiger partial charge >= 0.3 is 5.97 Å². The summed E-state index contributed by atoms with van der Waals surface area (Å²) in [4.78, 5) is 22.3. The van der Waals surface area contributed by atoms with Crippen LogP contribution >= 0.6 is 0 Å². The maximum absolute atomic E-state index is 11.9. The van der Waals surface area contributed by atoms with Crippen molar-refractivity contribution in [3.8, 4) is 0 Å². The van der Waals surface area contributed by atoms with Gasteiger partial charge in [-0.25, -0.2) is 0 Å². The summed E-state index contributed by atoms with van der Waals surface area (Å²) in [5, 5.41) is 12.6. The number of benzene rings is 1. The lowest BCUT2D eigenvalue weighted by Crippen LogP contribution is -2.24. The van der Waals surface area contributed by atoms with Gasteiger partial charge in [-0.1, -0.05) is 24.6 Å². The third-order valence-corrected chi connectivity index (χ3v) is 3.99. The number of hydrogen-bond donors (Lipinski definition) is 2. The minimum absolute atomic E-state index is 0.0520. The molecule has 1 aromatic carbocycles. The summed E-state index contributed by atoms with van der Waals surface area (Å²) in [5.41, 5.74) is 2.38. The highest BCUT2D eigenvalue weighted by molar-refractivity contribution is 5.84. The molecule has 2 aromatic rings. The number of unbranched alkanes of at least 4 members (excludes halogenated alkanes) is 2. The molecule has 0 aliphatic rings. The molecule has 0 radical (unpaired) electrons. The summed E-state index contributed by atoms with van der Waals surface area (Å²) in [6.45, 7) is 0.619. The molecular weight excluding hydrogens is 292 g/mol. The van der Waals surface area contributed by atoms with Crippen LogP contribution in [0.25, 0.3) is 10.9 Å². The van der Waals surface area contributed by atoms with Gasteiger partial charge in [-0.2, -0.15) is 0 Å². The first-order chi connectivity index (χ1) is 11.1. The Kier molecular flexibility index (Phi) is 6.20. The number of aryl methyl sites for hydroxylation is 2. The number of rotatable bonds is 9. The quantitative estimate of drug-likeness (QED) is 0.699. The fourth-order valence-electron chi connectivity index (χ4n) is 2.77. The maximum Gasteiger partial charge on any atom is 0.303 e. The number of nitrogens with one attached hydrogen (secondary N) is 1. The molecule has 0 aliphatic heterocycles. The molecular formula is C18H24N2O3. The Morgan fingerprint density at radius 2 is 1.91 bits per heavy atom. The highest BCUT2D eigenvalue weighted by atomic mass is 16.4. The second kappa shape index (κ2) is 8.36. The van der Waals surface area contributed by atoms with Gasteiger partial charge in [0, 0.05) is 43.5 Å². The lowest BCUT2D eigenvalue weighted by Gasteiger charge is -2.04. The highest BCUT2D eigenvalue weighted by Gasteiger charge is 2.08. The Hall–Kier alpha value is -2.30. The number of carbonyl (C=O) groups is 2. The molecule has 0 unspecified atom stereocenters. The van der Waals surface area contributed by atoms with Crippen molar-refractivity contribution in [2.24, 2.45) is 7.05 Å².